The van der Waals surface area contributed by atoms with E-state index in [-0.39, 0.29) is 18.9 Å². The van der Waals surface area contributed by atoms with Gasteiger partial charge in [0.05, 0.1) is 11.5 Å². The van der Waals surface area contributed by atoms with Crippen molar-refractivity contribution in [3.05, 3.63) is 66.1 Å². The average Bonchev–Trinajstić information content (AvgIpc) is 2.26. The van der Waals surface area contributed by atoms with Crippen molar-refractivity contribution in [1.82, 2.24) is 0 Å². The fourth-order valence-corrected chi connectivity index (χ4v) is 1.67. The fraction of sp³-hybridized carbons (Fsp3) is 0. The Hall–Kier alpha value is -1.29. The third-order valence-corrected chi connectivity index (χ3v) is 2.37. The van der Waals surface area contributed by atoms with Gasteiger partial charge in [-0.05, 0) is 0 Å². The van der Waals surface area contributed by atoms with Gasteiger partial charge in [-0.3, -0.25) is 0 Å². The van der Waals surface area contributed by atoms with Gasteiger partial charge in [-0.1, -0.05) is 47.5 Å². The summed E-state index contributed by atoms with van der Waals surface area (Å²) >= 11 is 0. The first-order chi connectivity index (χ1) is 6.93. The molecular weight excluding hydrogens is 179 g/mol. The summed E-state index contributed by atoms with van der Waals surface area (Å²) in [5.41, 5.74) is 2.29. The van der Waals surface area contributed by atoms with Crippen molar-refractivity contribution >= 4 is 0 Å². The van der Waals surface area contributed by atoms with Crippen LogP contribution in [0.5, 0.6) is 11.5 Å². The molecule has 0 aliphatic carbocycles. The van der Waals surface area contributed by atoms with Crippen molar-refractivity contribution in [2.75, 3.05) is 0 Å². The van der Waals surface area contributed by atoms with Crippen LogP contribution in [-0.4, -0.2) is 0 Å². The van der Waals surface area contributed by atoms with Crippen LogP contribution in [0.25, 0.3) is 0 Å². The molecule has 0 fully saturated rings. The minimum absolute atomic E-state index is 0. The summed E-state index contributed by atoms with van der Waals surface area (Å²) in [6, 6.07) is 16.1. The summed E-state index contributed by atoms with van der Waals surface area (Å²) in [6.45, 7) is 0. The summed E-state index contributed by atoms with van der Waals surface area (Å²) in [7, 11) is 0. The van der Waals surface area contributed by atoms with E-state index in [2.05, 4.69) is 18.6 Å². The maximum absolute atomic E-state index is 5.75. The Bertz CT molecular complexity index is 392. The van der Waals surface area contributed by atoms with E-state index in [0.29, 0.717) is 0 Å². The summed E-state index contributed by atoms with van der Waals surface area (Å²) in [5.74, 6) is 1.87. The topological polar surface area (TPSA) is 9.23 Å². The van der Waals surface area contributed by atoms with Gasteiger partial charge in [0.15, 0.2) is 0 Å². The predicted molar refractivity (Wildman–Crippen MR) is 55.5 cm³/mol. The minimum atomic E-state index is 0. The normalized spacial score (nSPS) is 11.2. The molecule has 0 aromatic heterocycles. The number of hydrogen-bond donors (Lipinski definition) is 0. The summed E-state index contributed by atoms with van der Waals surface area (Å²) < 4.78 is 5.75. The van der Waals surface area contributed by atoms with Crippen molar-refractivity contribution in [1.29, 1.82) is 0 Å². The quantitative estimate of drug-likeness (QED) is 0.366. The zero-order valence-corrected chi connectivity index (χ0v) is 8.60. The largest absolute Gasteiger partial charge is 1.00 e. The van der Waals surface area contributed by atoms with Gasteiger partial charge in [-0.15, -0.1) is 18.6 Å². The molecule has 0 saturated heterocycles. The molecule has 2 aromatic carbocycles. The maximum Gasteiger partial charge on any atom is 1.00 e. The summed E-state index contributed by atoms with van der Waals surface area (Å²) in [6.07, 6.45) is 2.15. The van der Waals surface area contributed by atoms with Gasteiger partial charge in [0.2, 0.25) is 0 Å². The van der Waals surface area contributed by atoms with Gasteiger partial charge in [0.25, 0.3) is 0 Å². The molecule has 0 radical (unpaired) electrons. The van der Waals surface area contributed by atoms with E-state index in [0.717, 1.165) is 22.6 Å². The number of para-hydroxylation sites is 2. The van der Waals surface area contributed by atoms with Crippen LogP contribution in [0.15, 0.2) is 48.5 Å². The van der Waals surface area contributed by atoms with Gasteiger partial charge in [0, 0.05) is 0 Å². The van der Waals surface area contributed by atoms with Crippen LogP contribution in [0.2, 0.25) is 0 Å². The van der Waals surface area contributed by atoms with Crippen molar-refractivity contribution < 1.29 is 23.6 Å². The van der Waals surface area contributed by atoms with Crippen LogP contribution in [0.4, 0.5) is 0 Å². The van der Waals surface area contributed by atoms with Crippen molar-refractivity contribution in [2.24, 2.45) is 0 Å². The van der Waals surface area contributed by atoms with Crippen LogP contribution in [0, 0.1) is 6.42 Å². The molecular formula is C13H9LiO. The fourth-order valence-electron chi connectivity index (χ4n) is 1.67. The molecule has 0 spiro atoms. The Morgan fingerprint density at radius 1 is 0.733 bits per heavy atom. The van der Waals surface area contributed by atoms with E-state index < -0.39 is 0 Å². The predicted octanol–water partition coefficient (Wildman–Crippen LogP) is 0.397. The number of benzene rings is 2. The first-order valence-electron chi connectivity index (χ1n) is 4.64. The van der Waals surface area contributed by atoms with Gasteiger partial charge >= 0.3 is 18.9 Å². The molecule has 3 rings (SSSR count). The third kappa shape index (κ3) is 1.77. The van der Waals surface area contributed by atoms with E-state index in [1.807, 2.05) is 36.4 Å². The van der Waals surface area contributed by atoms with E-state index >= 15 is 0 Å². The Labute approximate surface area is 101 Å². The summed E-state index contributed by atoms with van der Waals surface area (Å²) in [5, 5.41) is 0. The second-order valence-electron chi connectivity index (χ2n) is 3.32. The molecule has 0 bridgehead atoms. The standard InChI is InChI=1S/C13H9O.Li/c1-3-7-12-10(5-1)9-11-6-2-4-8-13(11)14-12;/h1-9H;/q-1;+1. The van der Waals surface area contributed by atoms with Crippen molar-refractivity contribution in [3.63, 3.8) is 0 Å². The molecule has 1 heterocycles. The first-order valence-corrected chi connectivity index (χ1v) is 4.64. The van der Waals surface area contributed by atoms with Crippen LogP contribution in [-0.2, 0) is 0 Å². The SMILES string of the molecule is [Li+].c1ccc2c(c1)[CH-]c1ccccc1O2. The molecule has 15 heavy (non-hydrogen) atoms. The molecule has 0 atom stereocenters. The second kappa shape index (κ2) is 4.06. The molecule has 0 saturated carbocycles. The van der Waals surface area contributed by atoms with E-state index in [1.54, 1.807) is 0 Å². The van der Waals surface area contributed by atoms with E-state index in [1.165, 1.54) is 0 Å². The molecule has 68 valence electrons. The number of ether oxygens (including phenoxy) is 1. The number of hydrogen-bond acceptors (Lipinski definition) is 1. The molecule has 1 aliphatic rings. The van der Waals surface area contributed by atoms with Crippen LogP contribution >= 0.6 is 0 Å². The monoisotopic (exact) mass is 188 g/mol. The minimum Gasteiger partial charge on any atom is -0.527 e. The second-order valence-corrected chi connectivity index (χ2v) is 3.32. The zero-order chi connectivity index (χ0) is 9.38. The van der Waals surface area contributed by atoms with Gasteiger partial charge in [0.1, 0.15) is 0 Å². The number of rotatable bonds is 0. The van der Waals surface area contributed by atoms with Gasteiger partial charge < -0.3 is 4.74 Å². The van der Waals surface area contributed by atoms with Crippen LogP contribution in [0.3, 0.4) is 0 Å². The Morgan fingerprint density at radius 3 is 1.73 bits per heavy atom. The molecule has 1 nitrogen and oxygen atoms in total. The zero-order valence-electron chi connectivity index (χ0n) is 8.60. The Kier molecular flexibility index (Phi) is 2.77. The molecule has 0 N–H and O–H groups in total. The van der Waals surface area contributed by atoms with Crippen LogP contribution < -0.4 is 23.6 Å². The van der Waals surface area contributed by atoms with Gasteiger partial charge in [-0.2, -0.15) is 0 Å². The molecule has 0 unspecified atom stereocenters. The van der Waals surface area contributed by atoms with Gasteiger partial charge in [-0.25, -0.2) is 0 Å². The smallest absolute Gasteiger partial charge is 0.527 e. The molecule has 2 aromatic rings. The Morgan fingerprint density at radius 2 is 1.20 bits per heavy atom. The Balaban J connectivity index is 0.000000853. The van der Waals surface area contributed by atoms with E-state index in [4.69, 9.17) is 4.74 Å². The molecule has 0 amide bonds. The van der Waals surface area contributed by atoms with Crippen molar-refractivity contribution in [2.45, 2.75) is 0 Å². The maximum atomic E-state index is 5.75. The summed E-state index contributed by atoms with van der Waals surface area (Å²) in [4.78, 5) is 0. The molecule has 2 heteroatoms. The number of fused-ring (bicyclic) bond motifs is 2. The molecule has 1 aliphatic heterocycles. The van der Waals surface area contributed by atoms with Crippen LogP contribution in [0.1, 0.15) is 11.1 Å². The van der Waals surface area contributed by atoms with E-state index in [9.17, 15) is 0 Å². The van der Waals surface area contributed by atoms with Crippen molar-refractivity contribution in [3.8, 4) is 11.5 Å². The third-order valence-electron chi connectivity index (χ3n) is 2.37. The average molecular weight is 188 g/mol. The first kappa shape index (κ1) is 10.2.